The van der Waals surface area contributed by atoms with Crippen LogP contribution in [0, 0.1) is 23.2 Å². The number of hydrogen-bond acceptors (Lipinski definition) is 2. The van der Waals surface area contributed by atoms with Crippen LogP contribution in [0.2, 0.25) is 0 Å². The fourth-order valence-electron chi connectivity index (χ4n) is 6.12. The minimum absolute atomic E-state index is 0.218. The molecule has 2 N–H and O–H groups in total. The van der Waals surface area contributed by atoms with Crippen molar-refractivity contribution in [1.29, 1.82) is 0 Å². The van der Waals surface area contributed by atoms with Crippen molar-refractivity contribution in [2.45, 2.75) is 84.7 Å². The van der Waals surface area contributed by atoms with Crippen LogP contribution in [0.15, 0.2) is 30.3 Å². The van der Waals surface area contributed by atoms with E-state index in [4.69, 9.17) is 5.11 Å². The Balaban J connectivity index is 1.70. The fraction of sp³-hybridized carbons (Fsp3) is 0.692. The summed E-state index contributed by atoms with van der Waals surface area (Å²) in [5, 5.41) is 19.2. The minimum Gasteiger partial charge on any atom is -0.396 e. The quantitative estimate of drug-likeness (QED) is 0.576. The third kappa shape index (κ3) is 4.71. The number of rotatable bonds is 8. The van der Waals surface area contributed by atoms with Crippen molar-refractivity contribution < 1.29 is 10.2 Å². The first-order valence-corrected chi connectivity index (χ1v) is 11.4. The second kappa shape index (κ2) is 8.71. The van der Waals surface area contributed by atoms with Gasteiger partial charge in [-0.25, -0.2) is 0 Å². The number of fused-ring (bicyclic) bond motifs is 1. The molecule has 28 heavy (non-hydrogen) atoms. The van der Waals surface area contributed by atoms with Crippen molar-refractivity contribution in [2.24, 2.45) is 23.2 Å². The average molecular weight is 385 g/mol. The molecule has 2 nitrogen and oxygen atoms in total. The Labute approximate surface area is 172 Å². The van der Waals surface area contributed by atoms with Gasteiger partial charge in [-0.1, -0.05) is 57.0 Å². The molecular weight excluding hydrogens is 344 g/mol. The van der Waals surface area contributed by atoms with E-state index >= 15 is 0 Å². The van der Waals surface area contributed by atoms with Crippen LogP contribution in [0.4, 0.5) is 0 Å². The van der Waals surface area contributed by atoms with E-state index in [0.717, 1.165) is 31.1 Å². The van der Waals surface area contributed by atoms with Gasteiger partial charge in [0.15, 0.2) is 0 Å². The van der Waals surface area contributed by atoms with Crippen LogP contribution in [-0.2, 0) is 6.42 Å². The summed E-state index contributed by atoms with van der Waals surface area (Å²) < 4.78 is 0. The van der Waals surface area contributed by atoms with Gasteiger partial charge in [0.2, 0.25) is 0 Å². The van der Waals surface area contributed by atoms with Crippen molar-refractivity contribution in [3.8, 4) is 0 Å². The Hall–Kier alpha value is -1.12. The zero-order chi connectivity index (χ0) is 20.4. The molecular formula is C26H40O2. The van der Waals surface area contributed by atoms with Crippen LogP contribution in [0.3, 0.4) is 0 Å². The molecule has 1 aromatic rings. The van der Waals surface area contributed by atoms with Gasteiger partial charge in [0.05, 0.1) is 5.60 Å². The highest BCUT2D eigenvalue weighted by Gasteiger charge is 2.50. The monoisotopic (exact) mass is 384 g/mol. The molecule has 0 radical (unpaired) electrons. The molecule has 0 aromatic heterocycles. The maximum absolute atomic E-state index is 10.0. The molecule has 0 bridgehead atoms. The molecule has 156 valence electrons. The van der Waals surface area contributed by atoms with Gasteiger partial charge in [0.25, 0.3) is 0 Å². The smallest absolute Gasteiger partial charge is 0.0591 e. The van der Waals surface area contributed by atoms with Crippen LogP contribution in [-0.4, -0.2) is 22.4 Å². The van der Waals surface area contributed by atoms with Crippen molar-refractivity contribution in [2.75, 3.05) is 6.61 Å². The zero-order valence-corrected chi connectivity index (χ0v) is 18.4. The Bertz CT molecular complexity index is 667. The van der Waals surface area contributed by atoms with E-state index in [0.29, 0.717) is 11.3 Å². The van der Waals surface area contributed by atoms with Gasteiger partial charge < -0.3 is 10.2 Å². The van der Waals surface area contributed by atoms with Gasteiger partial charge in [-0.2, -0.15) is 0 Å². The molecule has 0 amide bonds. The van der Waals surface area contributed by atoms with Gasteiger partial charge in [0, 0.05) is 6.61 Å². The molecule has 2 aliphatic rings. The lowest BCUT2D eigenvalue weighted by Gasteiger charge is -2.43. The maximum atomic E-state index is 10.0. The van der Waals surface area contributed by atoms with Crippen LogP contribution in [0.5, 0.6) is 0 Å². The number of hydrogen-bond donors (Lipinski definition) is 2. The Kier molecular flexibility index (Phi) is 6.72. The predicted molar refractivity (Wildman–Crippen MR) is 118 cm³/mol. The zero-order valence-electron chi connectivity index (χ0n) is 18.4. The molecule has 1 fully saturated rings. The largest absolute Gasteiger partial charge is 0.396 e. The van der Waals surface area contributed by atoms with E-state index < -0.39 is 5.60 Å². The summed E-state index contributed by atoms with van der Waals surface area (Å²) in [6, 6.07) is 8.90. The molecule has 4 atom stereocenters. The Morgan fingerprint density at radius 1 is 1.18 bits per heavy atom. The SMILES string of the molecule is CC(CCCC(C)(C)O)C1CCC2C(c3ccc(CCO)cc3)=CCC[C@@]21C. The molecule has 2 heteroatoms. The van der Waals surface area contributed by atoms with Gasteiger partial charge in [-0.15, -0.1) is 0 Å². The third-order valence-electron chi connectivity index (χ3n) is 7.65. The lowest BCUT2D eigenvalue weighted by molar-refractivity contribution is 0.0620. The van der Waals surface area contributed by atoms with Gasteiger partial charge in [-0.05, 0) is 92.2 Å². The van der Waals surface area contributed by atoms with Crippen LogP contribution >= 0.6 is 0 Å². The van der Waals surface area contributed by atoms with Crippen molar-refractivity contribution in [1.82, 2.24) is 0 Å². The van der Waals surface area contributed by atoms with E-state index in [9.17, 15) is 5.11 Å². The molecule has 1 saturated carbocycles. The second-order valence-corrected chi connectivity index (χ2v) is 10.3. The van der Waals surface area contributed by atoms with Gasteiger partial charge >= 0.3 is 0 Å². The first-order valence-electron chi connectivity index (χ1n) is 11.4. The lowest BCUT2D eigenvalue weighted by atomic mass is 9.61. The summed E-state index contributed by atoms with van der Waals surface area (Å²) >= 11 is 0. The second-order valence-electron chi connectivity index (χ2n) is 10.3. The molecule has 3 unspecified atom stereocenters. The lowest BCUT2D eigenvalue weighted by Crippen LogP contribution is -2.35. The third-order valence-corrected chi connectivity index (χ3v) is 7.65. The van der Waals surface area contributed by atoms with Crippen molar-refractivity contribution >= 4 is 5.57 Å². The highest BCUT2D eigenvalue weighted by Crippen LogP contribution is 2.60. The summed E-state index contributed by atoms with van der Waals surface area (Å²) in [6.07, 6.45) is 11.6. The summed E-state index contributed by atoms with van der Waals surface area (Å²) in [5.74, 6) is 2.19. The number of aliphatic hydroxyl groups is 2. The van der Waals surface area contributed by atoms with E-state index in [1.54, 1.807) is 5.57 Å². The molecule has 0 aliphatic heterocycles. The van der Waals surface area contributed by atoms with Crippen LogP contribution in [0.1, 0.15) is 83.8 Å². The predicted octanol–water partition coefficient (Wildman–Crippen LogP) is 6.01. The van der Waals surface area contributed by atoms with Crippen molar-refractivity contribution in [3.05, 3.63) is 41.5 Å². The first-order chi connectivity index (χ1) is 13.2. The van der Waals surface area contributed by atoms with Crippen LogP contribution < -0.4 is 0 Å². The molecule has 3 rings (SSSR count). The Morgan fingerprint density at radius 2 is 1.89 bits per heavy atom. The molecule has 0 spiro atoms. The maximum Gasteiger partial charge on any atom is 0.0591 e. The van der Waals surface area contributed by atoms with E-state index in [1.807, 2.05) is 13.8 Å². The van der Waals surface area contributed by atoms with Gasteiger partial charge in [-0.3, -0.25) is 0 Å². The highest BCUT2D eigenvalue weighted by molar-refractivity contribution is 5.69. The topological polar surface area (TPSA) is 40.5 Å². The number of allylic oxidation sites excluding steroid dienone is 2. The summed E-state index contributed by atoms with van der Waals surface area (Å²) in [4.78, 5) is 0. The molecule has 2 aliphatic carbocycles. The van der Waals surface area contributed by atoms with Gasteiger partial charge in [0.1, 0.15) is 0 Å². The summed E-state index contributed by atoms with van der Waals surface area (Å²) in [7, 11) is 0. The average Bonchev–Trinajstić information content (AvgIpc) is 2.98. The van der Waals surface area contributed by atoms with E-state index in [1.165, 1.54) is 43.2 Å². The van der Waals surface area contributed by atoms with E-state index in [2.05, 4.69) is 44.2 Å². The summed E-state index contributed by atoms with van der Waals surface area (Å²) in [5.41, 5.74) is 4.03. The molecule has 1 aromatic carbocycles. The van der Waals surface area contributed by atoms with Crippen molar-refractivity contribution in [3.63, 3.8) is 0 Å². The van der Waals surface area contributed by atoms with Crippen LogP contribution in [0.25, 0.3) is 5.57 Å². The molecule has 0 saturated heterocycles. The number of benzene rings is 1. The first kappa shape index (κ1) is 21.6. The normalized spacial score (nSPS) is 28.7. The fourth-order valence-corrected chi connectivity index (χ4v) is 6.12. The standard InChI is InChI=1S/C26H40O2/c1-19(7-5-16-25(2,3)28)23-13-14-24-22(8-6-17-26(23,24)4)21-11-9-20(10-12-21)15-18-27/h8-12,19,23-24,27-28H,5-7,13-18H2,1-4H3/t19?,23?,24?,26-/m1/s1. The number of aliphatic hydroxyl groups excluding tert-OH is 1. The van der Waals surface area contributed by atoms with E-state index in [-0.39, 0.29) is 6.61 Å². The minimum atomic E-state index is -0.537. The summed E-state index contributed by atoms with van der Waals surface area (Å²) in [6.45, 7) is 9.07. The Morgan fingerprint density at radius 3 is 2.54 bits per heavy atom. The molecule has 0 heterocycles. The highest BCUT2D eigenvalue weighted by atomic mass is 16.3.